The molecule has 0 unspecified atom stereocenters. The quantitative estimate of drug-likeness (QED) is 0.843. The molecule has 0 saturated heterocycles. The average molecular weight is 340 g/mol. The van der Waals surface area contributed by atoms with Crippen LogP contribution in [-0.4, -0.2) is 32.0 Å². The molecule has 0 radical (unpaired) electrons. The number of benzene rings is 2. The molecule has 0 heterocycles. The molecular weight excluding hydrogens is 316 g/mol. The molecule has 0 spiro atoms. The predicted octanol–water partition coefficient (Wildman–Crippen LogP) is 2.72. The maximum absolute atomic E-state index is 12.1. The van der Waals surface area contributed by atoms with Gasteiger partial charge in [-0.25, -0.2) is 0 Å². The molecule has 2 aromatic carbocycles. The highest BCUT2D eigenvalue weighted by atomic mass is 16.5. The van der Waals surface area contributed by atoms with Gasteiger partial charge in [0, 0.05) is 25.7 Å². The topological polar surface area (TPSA) is 58.6 Å². The zero-order valence-corrected chi connectivity index (χ0v) is 14.9. The van der Waals surface area contributed by atoms with Gasteiger partial charge < -0.3 is 15.0 Å². The summed E-state index contributed by atoms with van der Waals surface area (Å²) in [6.45, 7) is 4.36. The van der Waals surface area contributed by atoms with Gasteiger partial charge in [0.15, 0.2) is 0 Å². The molecule has 2 aromatic rings. The molecule has 5 nitrogen and oxygen atoms in total. The highest BCUT2D eigenvalue weighted by Crippen LogP contribution is 2.15. The van der Waals surface area contributed by atoms with Crippen LogP contribution < -0.4 is 15.0 Å². The van der Waals surface area contributed by atoms with Crippen molar-refractivity contribution in [3.8, 4) is 5.75 Å². The number of carbonyl (C=O) groups is 2. The van der Waals surface area contributed by atoms with E-state index in [0.29, 0.717) is 19.5 Å². The van der Waals surface area contributed by atoms with Crippen molar-refractivity contribution >= 4 is 17.5 Å². The summed E-state index contributed by atoms with van der Waals surface area (Å²) in [5.41, 5.74) is 2.85. The lowest BCUT2D eigenvalue weighted by Gasteiger charge is -2.21. The minimum absolute atomic E-state index is 0.0463. The van der Waals surface area contributed by atoms with E-state index in [-0.39, 0.29) is 11.8 Å². The first-order valence-electron chi connectivity index (χ1n) is 8.24. The molecular formula is C20H24N2O3. The van der Waals surface area contributed by atoms with E-state index in [0.717, 1.165) is 22.6 Å². The zero-order chi connectivity index (χ0) is 18.2. The van der Waals surface area contributed by atoms with Crippen LogP contribution in [0.1, 0.15) is 18.1 Å². The third-order valence-corrected chi connectivity index (χ3v) is 3.87. The fourth-order valence-corrected chi connectivity index (χ4v) is 2.56. The molecule has 0 aliphatic heterocycles. The molecule has 0 atom stereocenters. The van der Waals surface area contributed by atoms with Gasteiger partial charge in [-0.3, -0.25) is 9.59 Å². The summed E-state index contributed by atoms with van der Waals surface area (Å²) in [7, 11) is 1.61. The monoisotopic (exact) mass is 340 g/mol. The SMILES string of the molecule is COc1ccc(CC(=O)NCCN(C(C)=O)c2cccc(C)c2)cc1. The molecule has 1 N–H and O–H groups in total. The van der Waals surface area contributed by atoms with Crippen LogP contribution in [0.25, 0.3) is 0 Å². The number of rotatable bonds is 7. The Bertz CT molecular complexity index is 726. The first kappa shape index (κ1) is 18.5. The molecule has 2 rings (SSSR count). The van der Waals surface area contributed by atoms with Gasteiger partial charge in [-0.05, 0) is 42.3 Å². The Morgan fingerprint density at radius 3 is 2.44 bits per heavy atom. The number of amides is 2. The van der Waals surface area contributed by atoms with Crippen molar-refractivity contribution in [3.63, 3.8) is 0 Å². The summed E-state index contributed by atoms with van der Waals surface area (Å²) in [6, 6.07) is 15.2. The first-order chi connectivity index (χ1) is 12.0. The minimum Gasteiger partial charge on any atom is -0.497 e. The maximum atomic E-state index is 12.1. The molecule has 0 aliphatic carbocycles. The Kier molecular flexibility index (Phi) is 6.57. The molecule has 132 valence electrons. The molecule has 5 heteroatoms. The number of hydrogen-bond acceptors (Lipinski definition) is 3. The van der Waals surface area contributed by atoms with Gasteiger partial charge in [-0.2, -0.15) is 0 Å². The van der Waals surface area contributed by atoms with Crippen molar-refractivity contribution < 1.29 is 14.3 Å². The van der Waals surface area contributed by atoms with Crippen LogP contribution >= 0.6 is 0 Å². The van der Waals surface area contributed by atoms with Crippen LogP contribution in [0.15, 0.2) is 48.5 Å². The van der Waals surface area contributed by atoms with E-state index in [9.17, 15) is 9.59 Å². The second kappa shape index (κ2) is 8.87. The number of methoxy groups -OCH3 is 1. The molecule has 2 amide bonds. The van der Waals surface area contributed by atoms with Gasteiger partial charge in [0.05, 0.1) is 13.5 Å². The van der Waals surface area contributed by atoms with Crippen LogP contribution in [0.2, 0.25) is 0 Å². The predicted molar refractivity (Wildman–Crippen MR) is 98.9 cm³/mol. The molecule has 0 saturated carbocycles. The lowest BCUT2D eigenvalue weighted by atomic mass is 10.1. The summed E-state index contributed by atoms with van der Waals surface area (Å²) in [5, 5.41) is 2.87. The number of ether oxygens (including phenoxy) is 1. The van der Waals surface area contributed by atoms with Crippen molar-refractivity contribution in [1.82, 2.24) is 5.32 Å². The smallest absolute Gasteiger partial charge is 0.224 e. The van der Waals surface area contributed by atoms with E-state index >= 15 is 0 Å². The van der Waals surface area contributed by atoms with Gasteiger partial charge >= 0.3 is 0 Å². The third kappa shape index (κ3) is 5.64. The van der Waals surface area contributed by atoms with E-state index < -0.39 is 0 Å². The average Bonchev–Trinajstić information content (AvgIpc) is 2.59. The van der Waals surface area contributed by atoms with E-state index in [4.69, 9.17) is 4.74 Å². The Morgan fingerprint density at radius 1 is 1.12 bits per heavy atom. The fourth-order valence-electron chi connectivity index (χ4n) is 2.56. The van der Waals surface area contributed by atoms with Crippen LogP contribution in [0, 0.1) is 6.92 Å². The van der Waals surface area contributed by atoms with Gasteiger partial charge in [-0.1, -0.05) is 24.3 Å². The van der Waals surface area contributed by atoms with Gasteiger partial charge in [0.25, 0.3) is 0 Å². The van der Waals surface area contributed by atoms with Gasteiger partial charge in [0.2, 0.25) is 11.8 Å². The summed E-state index contributed by atoms with van der Waals surface area (Å²) >= 11 is 0. The second-order valence-corrected chi connectivity index (χ2v) is 5.88. The van der Waals surface area contributed by atoms with Crippen molar-refractivity contribution in [2.45, 2.75) is 20.3 Å². The van der Waals surface area contributed by atoms with Gasteiger partial charge in [0.1, 0.15) is 5.75 Å². The third-order valence-electron chi connectivity index (χ3n) is 3.87. The number of carbonyl (C=O) groups excluding carboxylic acids is 2. The normalized spacial score (nSPS) is 10.2. The Labute approximate surface area is 148 Å². The summed E-state index contributed by atoms with van der Waals surface area (Å²) in [6.07, 6.45) is 0.300. The number of hydrogen-bond donors (Lipinski definition) is 1. The lowest BCUT2D eigenvalue weighted by molar-refractivity contribution is -0.121. The lowest BCUT2D eigenvalue weighted by Crippen LogP contribution is -2.38. The Morgan fingerprint density at radius 2 is 1.84 bits per heavy atom. The fraction of sp³-hybridized carbons (Fsp3) is 0.300. The van der Waals surface area contributed by atoms with E-state index in [1.54, 1.807) is 12.0 Å². The zero-order valence-electron chi connectivity index (χ0n) is 14.9. The van der Waals surface area contributed by atoms with Crippen molar-refractivity contribution in [3.05, 3.63) is 59.7 Å². The molecule has 0 aromatic heterocycles. The van der Waals surface area contributed by atoms with E-state index in [2.05, 4.69) is 5.32 Å². The maximum Gasteiger partial charge on any atom is 0.224 e. The molecule has 0 aliphatic rings. The van der Waals surface area contributed by atoms with Crippen LogP contribution in [0.4, 0.5) is 5.69 Å². The first-order valence-corrected chi connectivity index (χ1v) is 8.24. The Hall–Kier alpha value is -2.82. The summed E-state index contributed by atoms with van der Waals surface area (Å²) < 4.78 is 5.10. The summed E-state index contributed by atoms with van der Waals surface area (Å²) in [5.74, 6) is 0.646. The van der Waals surface area contributed by atoms with Gasteiger partial charge in [-0.15, -0.1) is 0 Å². The minimum atomic E-state index is -0.0714. The molecule has 25 heavy (non-hydrogen) atoms. The van der Waals surface area contributed by atoms with Crippen molar-refractivity contribution in [1.29, 1.82) is 0 Å². The standard InChI is InChI=1S/C20H24N2O3/c1-15-5-4-6-18(13-15)22(16(2)23)12-11-21-20(24)14-17-7-9-19(25-3)10-8-17/h4-10,13H,11-12,14H2,1-3H3,(H,21,24). The second-order valence-electron chi connectivity index (χ2n) is 5.88. The number of nitrogens with zero attached hydrogens (tertiary/aromatic N) is 1. The highest BCUT2D eigenvalue weighted by molar-refractivity contribution is 5.91. The number of nitrogens with one attached hydrogen (secondary N) is 1. The van der Waals surface area contributed by atoms with Crippen LogP contribution in [-0.2, 0) is 16.0 Å². The highest BCUT2D eigenvalue weighted by Gasteiger charge is 2.12. The summed E-state index contributed by atoms with van der Waals surface area (Å²) in [4.78, 5) is 25.6. The molecule has 0 bridgehead atoms. The number of anilines is 1. The van der Waals surface area contributed by atoms with Crippen molar-refractivity contribution in [2.75, 3.05) is 25.1 Å². The molecule has 0 fully saturated rings. The Balaban J connectivity index is 1.86. The van der Waals surface area contributed by atoms with E-state index in [1.165, 1.54) is 6.92 Å². The van der Waals surface area contributed by atoms with Crippen molar-refractivity contribution in [2.24, 2.45) is 0 Å². The van der Waals surface area contributed by atoms with E-state index in [1.807, 2.05) is 55.5 Å². The largest absolute Gasteiger partial charge is 0.497 e. The van der Waals surface area contributed by atoms with Crippen LogP contribution in [0.5, 0.6) is 5.75 Å². The van der Waals surface area contributed by atoms with Crippen LogP contribution in [0.3, 0.4) is 0 Å². The number of aryl methyl sites for hydroxylation is 1.